The highest BCUT2D eigenvalue weighted by molar-refractivity contribution is 6.33. The van der Waals surface area contributed by atoms with Crippen LogP contribution in [0.15, 0.2) is 30.6 Å². The summed E-state index contributed by atoms with van der Waals surface area (Å²) in [5.74, 6) is -0.407. The summed E-state index contributed by atoms with van der Waals surface area (Å²) in [6.07, 6.45) is 3.42. The number of amides is 2. The minimum atomic E-state index is -1.12. The van der Waals surface area contributed by atoms with Crippen LogP contribution in [0, 0.1) is 0 Å². The van der Waals surface area contributed by atoms with E-state index in [0.29, 0.717) is 11.5 Å². The molecule has 0 spiro atoms. The van der Waals surface area contributed by atoms with Crippen molar-refractivity contribution >= 4 is 29.3 Å². The molecule has 0 aliphatic rings. The van der Waals surface area contributed by atoms with E-state index in [1.54, 1.807) is 17.0 Å². The van der Waals surface area contributed by atoms with Gasteiger partial charge in [0.1, 0.15) is 5.82 Å². The lowest BCUT2D eigenvalue weighted by Crippen LogP contribution is -2.29. The molecular weight excluding hydrogens is 296 g/mol. The lowest BCUT2D eigenvalue weighted by atomic mass is 10.2. The van der Waals surface area contributed by atoms with Crippen LogP contribution in [0.5, 0.6) is 0 Å². The number of aryl methyl sites for hydroxylation is 1. The van der Waals surface area contributed by atoms with E-state index in [2.05, 4.69) is 15.6 Å². The number of aromatic nitrogens is 2. The molecule has 2 aromatic rings. The summed E-state index contributed by atoms with van der Waals surface area (Å²) in [4.78, 5) is 26.6. The van der Waals surface area contributed by atoms with Crippen LogP contribution in [0.3, 0.4) is 0 Å². The maximum Gasteiger partial charge on any atom is 0.337 e. The van der Waals surface area contributed by atoms with Gasteiger partial charge in [0.2, 0.25) is 0 Å². The van der Waals surface area contributed by atoms with Crippen LogP contribution in [0.4, 0.5) is 10.5 Å². The highest BCUT2D eigenvalue weighted by Gasteiger charge is 2.10. The Morgan fingerprint density at radius 2 is 2.19 bits per heavy atom. The third-order valence-corrected chi connectivity index (χ3v) is 3.10. The normalized spacial score (nSPS) is 10.2. The van der Waals surface area contributed by atoms with Gasteiger partial charge in [-0.1, -0.05) is 11.6 Å². The van der Waals surface area contributed by atoms with Crippen LogP contribution in [-0.4, -0.2) is 26.7 Å². The standard InChI is InChI=1S/C13H13ClN4O3/c1-18-5-4-15-11(18)7-16-13(21)17-8-2-3-9(12(19)20)10(14)6-8/h2-6H,7H2,1H3,(H,19,20)(H2,16,17,21). The van der Waals surface area contributed by atoms with Gasteiger partial charge >= 0.3 is 12.0 Å². The van der Waals surface area contributed by atoms with E-state index in [-0.39, 0.29) is 17.1 Å². The number of hydrogen-bond donors (Lipinski definition) is 3. The maximum absolute atomic E-state index is 11.7. The van der Waals surface area contributed by atoms with Crippen molar-refractivity contribution in [2.75, 3.05) is 5.32 Å². The SMILES string of the molecule is Cn1ccnc1CNC(=O)Nc1ccc(C(=O)O)c(Cl)c1. The second kappa shape index (κ2) is 6.27. The fraction of sp³-hybridized carbons (Fsp3) is 0.154. The molecule has 0 radical (unpaired) electrons. The number of carboxylic acids is 1. The number of anilines is 1. The average Bonchev–Trinajstić information content (AvgIpc) is 2.81. The highest BCUT2D eigenvalue weighted by atomic mass is 35.5. The third-order valence-electron chi connectivity index (χ3n) is 2.79. The van der Waals surface area contributed by atoms with Crippen molar-refractivity contribution in [3.05, 3.63) is 47.0 Å². The minimum Gasteiger partial charge on any atom is -0.478 e. The molecular formula is C13H13ClN4O3. The Hall–Kier alpha value is -2.54. The molecule has 0 aliphatic heterocycles. The van der Waals surface area contributed by atoms with Gasteiger partial charge in [-0.05, 0) is 18.2 Å². The summed E-state index contributed by atoms with van der Waals surface area (Å²) in [5.41, 5.74) is 0.387. The second-order valence-electron chi connectivity index (χ2n) is 4.26. The van der Waals surface area contributed by atoms with E-state index in [1.165, 1.54) is 18.2 Å². The number of nitrogens with one attached hydrogen (secondary N) is 2. The van der Waals surface area contributed by atoms with E-state index in [1.807, 2.05) is 7.05 Å². The van der Waals surface area contributed by atoms with E-state index < -0.39 is 12.0 Å². The topological polar surface area (TPSA) is 96.3 Å². The molecule has 0 aliphatic carbocycles. The largest absolute Gasteiger partial charge is 0.478 e. The molecule has 3 N–H and O–H groups in total. The smallest absolute Gasteiger partial charge is 0.337 e. The summed E-state index contributed by atoms with van der Waals surface area (Å²) in [5, 5.41) is 14.1. The average molecular weight is 309 g/mol. The Morgan fingerprint density at radius 3 is 2.76 bits per heavy atom. The molecule has 1 aromatic carbocycles. The van der Waals surface area contributed by atoms with Gasteiger partial charge in [-0.3, -0.25) is 0 Å². The quantitative estimate of drug-likeness (QED) is 0.805. The molecule has 1 heterocycles. The van der Waals surface area contributed by atoms with Crippen LogP contribution in [0.1, 0.15) is 16.2 Å². The summed E-state index contributed by atoms with van der Waals surface area (Å²) in [6.45, 7) is 0.274. The van der Waals surface area contributed by atoms with Gasteiger partial charge in [-0.15, -0.1) is 0 Å². The van der Waals surface area contributed by atoms with Gasteiger partial charge in [-0.25, -0.2) is 14.6 Å². The van der Waals surface area contributed by atoms with Gasteiger partial charge in [-0.2, -0.15) is 0 Å². The van der Waals surface area contributed by atoms with Gasteiger partial charge in [0.15, 0.2) is 0 Å². The fourth-order valence-corrected chi connectivity index (χ4v) is 1.93. The molecule has 0 fully saturated rings. The summed E-state index contributed by atoms with van der Waals surface area (Å²) < 4.78 is 1.79. The monoisotopic (exact) mass is 308 g/mol. The lowest BCUT2D eigenvalue weighted by Gasteiger charge is -2.08. The number of nitrogens with zero attached hydrogens (tertiary/aromatic N) is 2. The molecule has 0 saturated carbocycles. The molecule has 21 heavy (non-hydrogen) atoms. The van der Waals surface area contributed by atoms with E-state index in [0.717, 1.165) is 0 Å². The first-order valence-electron chi connectivity index (χ1n) is 6.01. The number of halogens is 1. The number of aromatic carboxylic acids is 1. The molecule has 1 aromatic heterocycles. The number of benzene rings is 1. The fourth-order valence-electron chi connectivity index (χ4n) is 1.67. The predicted molar refractivity (Wildman–Crippen MR) is 77.5 cm³/mol. The second-order valence-corrected chi connectivity index (χ2v) is 4.67. The number of urea groups is 1. The first kappa shape index (κ1) is 14.9. The minimum absolute atomic E-state index is 0.0179. The number of carbonyl (C=O) groups is 2. The van der Waals surface area contributed by atoms with Crippen molar-refractivity contribution in [1.29, 1.82) is 0 Å². The zero-order valence-electron chi connectivity index (χ0n) is 11.1. The lowest BCUT2D eigenvalue weighted by molar-refractivity contribution is 0.0697. The third kappa shape index (κ3) is 3.73. The summed E-state index contributed by atoms with van der Waals surface area (Å²) in [6, 6.07) is 3.75. The first-order chi connectivity index (χ1) is 9.97. The van der Waals surface area contributed by atoms with Gasteiger partial charge < -0.3 is 20.3 Å². The Bertz CT molecular complexity index is 684. The van der Waals surface area contributed by atoms with Crippen molar-refractivity contribution in [1.82, 2.24) is 14.9 Å². The predicted octanol–water partition coefficient (Wildman–Crippen LogP) is 2.09. The molecule has 7 nitrogen and oxygen atoms in total. The number of rotatable bonds is 4. The number of hydrogen-bond acceptors (Lipinski definition) is 3. The molecule has 0 atom stereocenters. The first-order valence-corrected chi connectivity index (χ1v) is 6.39. The molecule has 2 rings (SSSR count). The molecule has 0 saturated heterocycles. The van der Waals surface area contributed by atoms with Crippen LogP contribution in [-0.2, 0) is 13.6 Å². The van der Waals surface area contributed by atoms with Crippen LogP contribution >= 0.6 is 11.6 Å². The van der Waals surface area contributed by atoms with Crippen LogP contribution < -0.4 is 10.6 Å². The maximum atomic E-state index is 11.7. The Kier molecular flexibility index (Phi) is 4.44. The summed E-state index contributed by atoms with van der Waals surface area (Å²) in [7, 11) is 1.83. The highest BCUT2D eigenvalue weighted by Crippen LogP contribution is 2.20. The Balaban J connectivity index is 1.95. The van der Waals surface area contributed by atoms with Crippen molar-refractivity contribution < 1.29 is 14.7 Å². The molecule has 8 heteroatoms. The van der Waals surface area contributed by atoms with Gasteiger partial charge in [0, 0.05) is 25.1 Å². The Labute approximate surface area is 125 Å². The van der Waals surface area contributed by atoms with E-state index in [4.69, 9.17) is 16.7 Å². The number of carboxylic acid groups (broad SMARTS) is 1. The molecule has 0 bridgehead atoms. The number of carbonyl (C=O) groups excluding carboxylic acids is 1. The van der Waals surface area contributed by atoms with E-state index >= 15 is 0 Å². The van der Waals surface area contributed by atoms with Crippen molar-refractivity contribution in [2.45, 2.75) is 6.54 Å². The van der Waals surface area contributed by atoms with Gasteiger partial charge in [0.25, 0.3) is 0 Å². The Morgan fingerprint density at radius 1 is 1.43 bits per heavy atom. The molecule has 110 valence electrons. The zero-order chi connectivity index (χ0) is 15.4. The number of imidazole rings is 1. The molecule has 2 amide bonds. The van der Waals surface area contributed by atoms with E-state index in [9.17, 15) is 9.59 Å². The van der Waals surface area contributed by atoms with Crippen molar-refractivity contribution in [2.24, 2.45) is 7.05 Å². The summed E-state index contributed by atoms with van der Waals surface area (Å²) >= 11 is 5.82. The van der Waals surface area contributed by atoms with Crippen LogP contribution in [0.25, 0.3) is 0 Å². The van der Waals surface area contributed by atoms with Crippen molar-refractivity contribution in [3.8, 4) is 0 Å². The van der Waals surface area contributed by atoms with Crippen molar-refractivity contribution in [3.63, 3.8) is 0 Å². The van der Waals surface area contributed by atoms with Gasteiger partial charge in [0.05, 0.1) is 17.1 Å². The zero-order valence-corrected chi connectivity index (χ0v) is 11.9. The molecule has 0 unspecified atom stereocenters. The van der Waals surface area contributed by atoms with Crippen LogP contribution in [0.2, 0.25) is 5.02 Å².